The quantitative estimate of drug-likeness (QED) is 0.536. The number of aromatic nitrogens is 5. The summed E-state index contributed by atoms with van der Waals surface area (Å²) in [5.41, 5.74) is 3.45. The molecule has 0 aromatic carbocycles. The SMILES string of the molecule is CC(=O)Nc1cc(CN2CCn3nc(Nc4cc(C(C)(C)C)n([C@H]5CCOC5)n4)cc3[C@H]2C)ccn1. The van der Waals surface area contributed by atoms with Gasteiger partial charge in [-0.25, -0.2) is 4.98 Å². The molecule has 1 saturated heterocycles. The van der Waals surface area contributed by atoms with Crippen LogP contribution in [0, 0.1) is 0 Å². The van der Waals surface area contributed by atoms with Gasteiger partial charge in [-0.3, -0.25) is 19.1 Å². The van der Waals surface area contributed by atoms with Crippen LogP contribution in [0.15, 0.2) is 30.5 Å². The molecule has 1 fully saturated rings. The Labute approximate surface area is 212 Å². The van der Waals surface area contributed by atoms with E-state index in [2.05, 4.69) is 69.7 Å². The smallest absolute Gasteiger partial charge is 0.222 e. The van der Waals surface area contributed by atoms with Gasteiger partial charge in [0.2, 0.25) is 5.91 Å². The lowest BCUT2D eigenvalue weighted by molar-refractivity contribution is -0.114. The van der Waals surface area contributed by atoms with Crippen LogP contribution in [0.2, 0.25) is 0 Å². The van der Waals surface area contributed by atoms with Crippen molar-refractivity contribution in [2.75, 3.05) is 30.4 Å². The highest BCUT2D eigenvalue weighted by molar-refractivity contribution is 5.87. The van der Waals surface area contributed by atoms with Crippen molar-refractivity contribution in [3.05, 3.63) is 47.4 Å². The van der Waals surface area contributed by atoms with Gasteiger partial charge >= 0.3 is 0 Å². The molecule has 0 unspecified atom stereocenters. The second-order valence-electron chi connectivity index (χ2n) is 10.8. The average Bonchev–Trinajstić information content (AvgIpc) is 3.55. The Morgan fingerprint density at radius 3 is 2.67 bits per heavy atom. The van der Waals surface area contributed by atoms with E-state index >= 15 is 0 Å². The van der Waals surface area contributed by atoms with E-state index in [-0.39, 0.29) is 23.4 Å². The molecule has 0 saturated carbocycles. The van der Waals surface area contributed by atoms with E-state index in [1.165, 1.54) is 18.3 Å². The van der Waals surface area contributed by atoms with Crippen LogP contribution in [0.4, 0.5) is 17.5 Å². The van der Waals surface area contributed by atoms with Gasteiger partial charge in [-0.2, -0.15) is 10.2 Å². The Morgan fingerprint density at radius 2 is 1.94 bits per heavy atom. The first-order valence-electron chi connectivity index (χ1n) is 12.7. The molecule has 5 heterocycles. The number of carbonyl (C=O) groups is 1. The van der Waals surface area contributed by atoms with Crippen LogP contribution in [0.5, 0.6) is 0 Å². The number of nitrogens with one attached hydrogen (secondary N) is 2. The fourth-order valence-corrected chi connectivity index (χ4v) is 5.02. The second-order valence-corrected chi connectivity index (χ2v) is 10.8. The third-order valence-electron chi connectivity index (χ3n) is 6.91. The Balaban J connectivity index is 1.32. The molecule has 2 aliphatic heterocycles. The van der Waals surface area contributed by atoms with Gasteiger partial charge in [0.05, 0.1) is 24.9 Å². The number of anilines is 3. The van der Waals surface area contributed by atoms with Crippen molar-refractivity contribution >= 4 is 23.4 Å². The van der Waals surface area contributed by atoms with E-state index in [0.29, 0.717) is 12.4 Å². The molecule has 0 spiro atoms. The Kier molecular flexibility index (Phi) is 6.57. The monoisotopic (exact) mass is 492 g/mol. The summed E-state index contributed by atoms with van der Waals surface area (Å²) in [4.78, 5) is 18.0. The number of fused-ring (bicyclic) bond motifs is 1. The van der Waals surface area contributed by atoms with Crippen molar-refractivity contribution in [2.45, 2.75) is 71.6 Å². The maximum atomic E-state index is 11.4. The molecule has 0 aliphatic carbocycles. The lowest BCUT2D eigenvalue weighted by Gasteiger charge is -2.33. The molecule has 0 radical (unpaired) electrons. The highest BCUT2D eigenvalue weighted by Crippen LogP contribution is 2.33. The van der Waals surface area contributed by atoms with Gasteiger partial charge in [0.15, 0.2) is 11.6 Å². The fraction of sp³-hybridized carbons (Fsp3) is 0.538. The minimum absolute atomic E-state index is 0.0231. The van der Waals surface area contributed by atoms with Crippen LogP contribution in [0.3, 0.4) is 0 Å². The Hall–Kier alpha value is -3.24. The minimum atomic E-state index is -0.119. The normalized spacial score (nSPS) is 20.4. The fourth-order valence-electron chi connectivity index (χ4n) is 5.02. The standard InChI is InChI=1S/C26H36N8O2/c1-17-21-13-24(29-25-14-22(26(3,4)5)34(31-25)20-7-11-36-16-20)30-33(21)10-9-32(17)15-19-6-8-27-23(12-19)28-18(2)35/h6,8,12-14,17,20H,7,9-11,15-16H2,1-5H3,(H,27,28,35)(H,29,30,31)/t17-,20+/m1/s1. The topological polar surface area (TPSA) is 102 Å². The van der Waals surface area contributed by atoms with E-state index in [4.69, 9.17) is 14.9 Å². The molecule has 10 nitrogen and oxygen atoms in total. The average molecular weight is 493 g/mol. The highest BCUT2D eigenvalue weighted by atomic mass is 16.5. The predicted molar refractivity (Wildman–Crippen MR) is 138 cm³/mol. The maximum absolute atomic E-state index is 11.4. The van der Waals surface area contributed by atoms with Gasteiger partial charge in [0, 0.05) is 62.1 Å². The molecule has 36 heavy (non-hydrogen) atoms. The van der Waals surface area contributed by atoms with Crippen LogP contribution in [0.25, 0.3) is 0 Å². The molecule has 3 aromatic heterocycles. The van der Waals surface area contributed by atoms with Gasteiger partial charge in [0.25, 0.3) is 0 Å². The molecule has 10 heteroatoms. The molecule has 5 rings (SSSR count). The third-order valence-corrected chi connectivity index (χ3v) is 6.91. The van der Waals surface area contributed by atoms with Crippen molar-refractivity contribution in [3.63, 3.8) is 0 Å². The zero-order valence-electron chi connectivity index (χ0n) is 21.8. The Morgan fingerprint density at radius 1 is 1.14 bits per heavy atom. The van der Waals surface area contributed by atoms with Crippen molar-refractivity contribution < 1.29 is 9.53 Å². The van der Waals surface area contributed by atoms with E-state index < -0.39 is 0 Å². The van der Waals surface area contributed by atoms with Gasteiger partial charge in [-0.15, -0.1) is 0 Å². The lowest BCUT2D eigenvalue weighted by Crippen LogP contribution is -2.36. The van der Waals surface area contributed by atoms with E-state index in [0.717, 1.165) is 49.9 Å². The largest absolute Gasteiger partial charge is 0.379 e. The van der Waals surface area contributed by atoms with Crippen LogP contribution >= 0.6 is 0 Å². The molecule has 1 amide bonds. The second kappa shape index (κ2) is 9.67. The molecular weight excluding hydrogens is 456 g/mol. The summed E-state index contributed by atoms with van der Waals surface area (Å²) in [5.74, 6) is 2.09. The lowest BCUT2D eigenvalue weighted by atomic mass is 9.91. The van der Waals surface area contributed by atoms with Crippen LogP contribution < -0.4 is 10.6 Å². The van der Waals surface area contributed by atoms with Crippen molar-refractivity contribution in [1.82, 2.24) is 29.4 Å². The summed E-state index contributed by atoms with van der Waals surface area (Å²) in [6, 6.07) is 8.67. The number of pyridine rings is 1. The number of carbonyl (C=O) groups excluding carboxylic acids is 1. The van der Waals surface area contributed by atoms with E-state index in [1.807, 2.05) is 12.1 Å². The molecule has 2 aliphatic rings. The highest BCUT2D eigenvalue weighted by Gasteiger charge is 2.29. The van der Waals surface area contributed by atoms with Gasteiger partial charge in [0.1, 0.15) is 5.82 Å². The molecule has 0 bridgehead atoms. The minimum Gasteiger partial charge on any atom is -0.379 e. The van der Waals surface area contributed by atoms with Crippen LogP contribution in [-0.4, -0.2) is 55.1 Å². The van der Waals surface area contributed by atoms with Crippen molar-refractivity contribution in [3.8, 4) is 0 Å². The van der Waals surface area contributed by atoms with Gasteiger partial charge < -0.3 is 15.4 Å². The predicted octanol–water partition coefficient (Wildman–Crippen LogP) is 4.01. The molecule has 2 atom stereocenters. The number of ether oxygens (including phenoxy) is 1. The number of nitrogens with zero attached hydrogens (tertiary/aromatic N) is 6. The third kappa shape index (κ3) is 5.15. The summed E-state index contributed by atoms with van der Waals surface area (Å²) in [5, 5.41) is 16.0. The number of amides is 1. The van der Waals surface area contributed by atoms with E-state index in [1.54, 1.807) is 6.20 Å². The van der Waals surface area contributed by atoms with Crippen LogP contribution in [0.1, 0.15) is 70.1 Å². The summed E-state index contributed by atoms with van der Waals surface area (Å²) < 4.78 is 9.85. The molecular formula is C26H36N8O2. The number of hydrogen-bond acceptors (Lipinski definition) is 7. The zero-order chi connectivity index (χ0) is 25.4. The van der Waals surface area contributed by atoms with Crippen molar-refractivity contribution in [2.24, 2.45) is 0 Å². The summed E-state index contributed by atoms with van der Waals surface area (Å²) in [7, 11) is 0. The van der Waals surface area contributed by atoms with Crippen LogP contribution in [-0.2, 0) is 28.0 Å². The molecule has 2 N–H and O–H groups in total. The van der Waals surface area contributed by atoms with Crippen molar-refractivity contribution in [1.29, 1.82) is 0 Å². The maximum Gasteiger partial charge on any atom is 0.222 e. The zero-order valence-corrected chi connectivity index (χ0v) is 21.8. The first kappa shape index (κ1) is 24.5. The number of hydrogen-bond donors (Lipinski definition) is 2. The molecule has 192 valence electrons. The first-order chi connectivity index (χ1) is 17.2. The van der Waals surface area contributed by atoms with Gasteiger partial charge in [-0.05, 0) is 31.0 Å². The summed E-state index contributed by atoms with van der Waals surface area (Å²) in [6.45, 7) is 14.3. The summed E-state index contributed by atoms with van der Waals surface area (Å²) >= 11 is 0. The Bertz CT molecular complexity index is 1240. The van der Waals surface area contributed by atoms with Gasteiger partial charge in [-0.1, -0.05) is 20.8 Å². The summed E-state index contributed by atoms with van der Waals surface area (Å²) in [6.07, 6.45) is 2.73. The number of rotatable bonds is 6. The first-order valence-corrected chi connectivity index (χ1v) is 12.7. The molecule has 3 aromatic rings. The van der Waals surface area contributed by atoms with E-state index in [9.17, 15) is 4.79 Å².